The van der Waals surface area contributed by atoms with Crippen LogP contribution in [0.1, 0.15) is 10.4 Å². The van der Waals surface area contributed by atoms with Gasteiger partial charge in [0.05, 0.1) is 12.8 Å². The monoisotopic (exact) mass is 388 g/mol. The van der Waals surface area contributed by atoms with Crippen LogP contribution < -0.4 is 9.64 Å². The molecule has 0 aromatic heterocycles. The molecule has 0 bridgehead atoms. The van der Waals surface area contributed by atoms with E-state index in [4.69, 9.17) is 9.47 Å². The third kappa shape index (κ3) is 4.16. The number of piperazine rings is 1. The van der Waals surface area contributed by atoms with Crippen LogP contribution in [0.5, 0.6) is 11.5 Å². The summed E-state index contributed by atoms with van der Waals surface area (Å²) >= 11 is 0. The van der Waals surface area contributed by atoms with Crippen LogP contribution >= 0.6 is 0 Å². The van der Waals surface area contributed by atoms with E-state index in [0.717, 1.165) is 0 Å². The predicted molar refractivity (Wildman–Crippen MR) is 100 cm³/mol. The lowest BCUT2D eigenvalue weighted by Gasteiger charge is -2.36. The first-order valence-corrected chi connectivity index (χ1v) is 8.81. The molecule has 2 aromatic rings. The fraction of sp³-hybridized carbons (Fsp3) is 0.300. The Morgan fingerprint density at radius 3 is 2.46 bits per heavy atom. The van der Waals surface area contributed by atoms with Crippen molar-refractivity contribution in [2.75, 3.05) is 44.8 Å². The number of carbonyl (C=O) groups excluding carboxylic acids is 2. The highest BCUT2D eigenvalue weighted by molar-refractivity contribution is 5.94. The van der Waals surface area contributed by atoms with Crippen LogP contribution in [0.15, 0.2) is 42.5 Å². The predicted octanol–water partition coefficient (Wildman–Crippen LogP) is 2.05. The summed E-state index contributed by atoms with van der Waals surface area (Å²) in [7, 11) is 1.37. The zero-order valence-electron chi connectivity index (χ0n) is 15.4. The van der Waals surface area contributed by atoms with Crippen LogP contribution in [0.2, 0.25) is 0 Å². The van der Waals surface area contributed by atoms with Crippen LogP contribution in [-0.2, 0) is 9.53 Å². The fourth-order valence-corrected chi connectivity index (χ4v) is 3.05. The maximum Gasteiger partial charge on any atom is 0.342 e. The average Bonchev–Trinajstić information content (AvgIpc) is 2.72. The van der Waals surface area contributed by atoms with Crippen molar-refractivity contribution in [3.63, 3.8) is 0 Å². The molecular weight excluding hydrogens is 367 g/mol. The number of aromatic hydroxyl groups is 1. The van der Waals surface area contributed by atoms with Gasteiger partial charge in [-0.1, -0.05) is 18.2 Å². The van der Waals surface area contributed by atoms with Gasteiger partial charge in [0.1, 0.15) is 11.4 Å². The molecule has 0 aliphatic carbocycles. The van der Waals surface area contributed by atoms with Crippen molar-refractivity contribution in [1.82, 2.24) is 4.90 Å². The molecule has 0 atom stereocenters. The van der Waals surface area contributed by atoms with Crippen molar-refractivity contribution in [2.45, 2.75) is 0 Å². The van der Waals surface area contributed by atoms with Gasteiger partial charge < -0.3 is 24.4 Å². The molecule has 1 aliphatic heterocycles. The third-order valence-corrected chi connectivity index (χ3v) is 4.59. The van der Waals surface area contributed by atoms with Crippen molar-refractivity contribution >= 4 is 17.6 Å². The van der Waals surface area contributed by atoms with E-state index in [0.29, 0.717) is 31.9 Å². The Hall–Kier alpha value is -3.29. The largest absolute Gasteiger partial charge is 0.504 e. The Morgan fingerprint density at radius 2 is 1.79 bits per heavy atom. The maximum atomic E-state index is 13.9. The first kappa shape index (κ1) is 19.5. The highest BCUT2D eigenvalue weighted by atomic mass is 19.1. The molecule has 1 amide bonds. The van der Waals surface area contributed by atoms with Gasteiger partial charge in [0.2, 0.25) is 0 Å². The van der Waals surface area contributed by atoms with Gasteiger partial charge in [0.25, 0.3) is 5.91 Å². The number of phenolic OH excluding ortho intramolecular Hbond substituents is 1. The lowest BCUT2D eigenvalue weighted by Crippen LogP contribution is -2.50. The standard InChI is InChI=1S/C20H21FN2O5/c1-27-17-8-4-5-14(19(17)25)20(26)28-13-18(24)23-11-9-22(10-12-23)16-7-3-2-6-15(16)21/h2-8,25H,9-13H2,1H3. The molecule has 3 rings (SSSR count). The maximum absolute atomic E-state index is 13.9. The summed E-state index contributed by atoms with van der Waals surface area (Å²) in [5.74, 6) is -1.64. The van der Waals surface area contributed by atoms with E-state index in [1.807, 2.05) is 4.90 Å². The van der Waals surface area contributed by atoms with Gasteiger partial charge in [-0.3, -0.25) is 4.79 Å². The third-order valence-electron chi connectivity index (χ3n) is 4.59. The number of rotatable bonds is 5. The van der Waals surface area contributed by atoms with Crippen molar-refractivity contribution < 1.29 is 28.6 Å². The molecule has 1 fully saturated rings. The number of hydrogen-bond donors (Lipinski definition) is 1. The molecule has 1 N–H and O–H groups in total. The number of halogens is 1. The summed E-state index contributed by atoms with van der Waals surface area (Å²) in [6.07, 6.45) is 0. The number of nitrogens with zero attached hydrogens (tertiary/aromatic N) is 2. The Bertz CT molecular complexity index is 865. The second-order valence-electron chi connectivity index (χ2n) is 6.25. The van der Waals surface area contributed by atoms with Crippen molar-refractivity contribution in [1.29, 1.82) is 0 Å². The molecule has 8 heteroatoms. The summed E-state index contributed by atoms with van der Waals surface area (Å²) in [5, 5.41) is 9.98. The lowest BCUT2D eigenvalue weighted by atomic mass is 10.2. The topological polar surface area (TPSA) is 79.3 Å². The minimum Gasteiger partial charge on any atom is -0.504 e. The van der Waals surface area contributed by atoms with E-state index >= 15 is 0 Å². The van der Waals surface area contributed by atoms with E-state index in [1.54, 1.807) is 29.2 Å². The van der Waals surface area contributed by atoms with Crippen LogP contribution in [0.25, 0.3) is 0 Å². The number of ether oxygens (including phenoxy) is 2. The SMILES string of the molecule is COc1cccc(C(=O)OCC(=O)N2CCN(c3ccccc3F)CC2)c1O. The molecule has 7 nitrogen and oxygen atoms in total. The summed E-state index contributed by atoms with van der Waals surface area (Å²) in [6.45, 7) is 1.33. The number of benzene rings is 2. The quantitative estimate of drug-likeness (QED) is 0.790. The zero-order valence-corrected chi connectivity index (χ0v) is 15.4. The second kappa shape index (κ2) is 8.60. The smallest absolute Gasteiger partial charge is 0.342 e. The van der Waals surface area contributed by atoms with Crippen molar-refractivity contribution in [3.8, 4) is 11.5 Å². The van der Waals surface area contributed by atoms with Crippen LogP contribution in [-0.4, -0.2) is 61.8 Å². The number of carbonyl (C=O) groups is 2. The molecule has 0 radical (unpaired) electrons. The summed E-state index contributed by atoms with van der Waals surface area (Å²) < 4.78 is 23.9. The molecular formula is C20H21FN2O5. The molecule has 1 heterocycles. The van der Waals surface area contributed by atoms with E-state index in [2.05, 4.69) is 0 Å². The summed E-state index contributed by atoms with van der Waals surface area (Å²) in [4.78, 5) is 27.9. The first-order chi connectivity index (χ1) is 13.5. The molecule has 1 saturated heterocycles. The molecule has 1 aliphatic rings. The van der Waals surface area contributed by atoms with Gasteiger partial charge in [-0.2, -0.15) is 0 Å². The molecule has 28 heavy (non-hydrogen) atoms. The minimum absolute atomic E-state index is 0.0727. The van der Waals surface area contributed by atoms with Gasteiger partial charge in [-0.15, -0.1) is 0 Å². The lowest BCUT2D eigenvalue weighted by molar-refractivity contribution is -0.134. The highest BCUT2D eigenvalue weighted by Gasteiger charge is 2.24. The normalized spacial score (nSPS) is 13.9. The molecule has 0 saturated carbocycles. The van der Waals surface area contributed by atoms with Gasteiger partial charge in [0, 0.05) is 26.2 Å². The number of amides is 1. The summed E-state index contributed by atoms with van der Waals surface area (Å²) in [6, 6.07) is 10.9. The van der Waals surface area contributed by atoms with E-state index in [9.17, 15) is 19.1 Å². The number of anilines is 1. The Labute approximate surface area is 161 Å². The van der Waals surface area contributed by atoms with Gasteiger partial charge >= 0.3 is 5.97 Å². The Kier molecular flexibility index (Phi) is 5.98. The van der Waals surface area contributed by atoms with E-state index < -0.39 is 12.6 Å². The minimum atomic E-state index is -0.810. The number of phenols is 1. The number of methoxy groups -OCH3 is 1. The molecule has 0 unspecified atom stereocenters. The van der Waals surface area contributed by atoms with Crippen LogP contribution in [0.4, 0.5) is 10.1 Å². The molecule has 0 spiro atoms. The molecule has 2 aromatic carbocycles. The van der Waals surface area contributed by atoms with Crippen LogP contribution in [0.3, 0.4) is 0 Å². The number of hydrogen-bond acceptors (Lipinski definition) is 6. The Morgan fingerprint density at radius 1 is 1.07 bits per heavy atom. The van der Waals surface area contributed by atoms with Gasteiger partial charge in [0.15, 0.2) is 18.1 Å². The van der Waals surface area contributed by atoms with Crippen LogP contribution in [0, 0.1) is 5.82 Å². The van der Waals surface area contributed by atoms with Crippen molar-refractivity contribution in [2.24, 2.45) is 0 Å². The highest BCUT2D eigenvalue weighted by Crippen LogP contribution is 2.29. The second-order valence-corrected chi connectivity index (χ2v) is 6.25. The van der Waals surface area contributed by atoms with Crippen molar-refractivity contribution in [3.05, 3.63) is 53.8 Å². The number of para-hydroxylation sites is 2. The number of esters is 1. The van der Waals surface area contributed by atoms with E-state index in [-0.39, 0.29) is 28.8 Å². The average molecular weight is 388 g/mol. The Balaban J connectivity index is 1.52. The van der Waals surface area contributed by atoms with Gasteiger partial charge in [-0.25, -0.2) is 9.18 Å². The fourth-order valence-electron chi connectivity index (χ4n) is 3.05. The molecule has 148 valence electrons. The summed E-state index contributed by atoms with van der Waals surface area (Å²) in [5.41, 5.74) is 0.436. The first-order valence-electron chi connectivity index (χ1n) is 8.81. The zero-order chi connectivity index (χ0) is 20.1. The van der Waals surface area contributed by atoms with E-state index in [1.165, 1.54) is 25.3 Å². The van der Waals surface area contributed by atoms with Gasteiger partial charge in [-0.05, 0) is 24.3 Å².